The van der Waals surface area contributed by atoms with Gasteiger partial charge in [-0.2, -0.15) is 0 Å². The highest BCUT2D eigenvalue weighted by Gasteiger charge is 2.26. The van der Waals surface area contributed by atoms with Crippen LogP contribution in [0.15, 0.2) is 12.4 Å². The molecule has 5 nitrogen and oxygen atoms in total. The summed E-state index contributed by atoms with van der Waals surface area (Å²) in [5.41, 5.74) is 5.67. The molecule has 0 unspecified atom stereocenters. The van der Waals surface area contributed by atoms with E-state index in [1.807, 2.05) is 0 Å². The van der Waals surface area contributed by atoms with Crippen molar-refractivity contribution in [3.05, 3.63) is 12.4 Å². The molecule has 1 aromatic heterocycles. The van der Waals surface area contributed by atoms with E-state index in [1.165, 1.54) is 0 Å². The monoisotopic (exact) mass is 194 g/mol. The molecule has 2 rings (SSSR count). The zero-order valence-electron chi connectivity index (χ0n) is 8.10. The van der Waals surface area contributed by atoms with Crippen molar-refractivity contribution in [3.63, 3.8) is 0 Å². The Bertz CT molecular complexity index is 294. The molecular weight excluding hydrogens is 180 g/mol. The average molecular weight is 194 g/mol. The van der Waals surface area contributed by atoms with Gasteiger partial charge in [0.1, 0.15) is 0 Å². The van der Waals surface area contributed by atoms with E-state index < -0.39 is 0 Å². The molecule has 1 saturated carbocycles. The lowest BCUT2D eigenvalue weighted by Crippen LogP contribution is -2.44. The lowest BCUT2D eigenvalue weighted by atomic mass is 9.88. The second-order valence-electron chi connectivity index (χ2n) is 3.52. The van der Waals surface area contributed by atoms with Crippen molar-refractivity contribution in [1.29, 1.82) is 0 Å². The van der Waals surface area contributed by atoms with Crippen LogP contribution in [0, 0.1) is 0 Å². The number of ether oxygens (including phenoxy) is 1. The maximum Gasteiger partial charge on any atom is 0.223 e. The Labute approximate surface area is 82.7 Å². The molecule has 1 aliphatic rings. The minimum Gasteiger partial charge on any atom is -0.494 e. The lowest BCUT2D eigenvalue weighted by Gasteiger charge is -2.32. The molecule has 14 heavy (non-hydrogen) atoms. The molecule has 1 aromatic rings. The predicted octanol–water partition coefficient (Wildman–Crippen LogP) is 0.387. The predicted molar refractivity (Wildman–Crippen MR) is 53.2 cm³/mol. The Morgan fingerprint density at radius 2 is 2.07 bits per heavy atom. The van der Waals surface area contributed by atoms with Gasteiger partial charge in [-0.1, -0.05) is 0 Å². The number of rotatable bonds is 3. The molecule has 0 spiro atoms. The molecular formula is C9H14N4O. The largest absolute Gasteiger partial charge is 0.494 e. The third-order valence-corrected chi connectivity index (χ3v) is 2.37. The van der Waals surface area contributed by atoms with Crippen LogP contribution in [0.25, 0.3) is 0 Å². The Balaban J connectivity index is 1.90. The van der Waals surface area contributed by atoms with Crippen molar-refractivity contribution < 1.29 is 4.74 Å². The fourth-order valence-electron chi connectivity index (χ4n) is 1.46. The summed E-state index contributed by atoms with van der Waals surface area (Å²) in [5.74, 6) is 1.31. The molecule has 0 bridgehead atoms. The smallest absolute Gasteiger partial charge is 0.223 e. The molecule has 0 aliphatic heterocycles. The minimum absolute atomic E-state index is 0.339. The first-order chi connectivity index (χ1) is 6.78. The van der Waals surface area contributed by atoms with Gasteiger partial charge in [0, 0.05) is 12.1 Å². The van der Waals surface area contributed by atoms with Gasteiger partial charge in [-0.3, -0.25) is 0 Å². The van der Waals surface area contributed by atoms with Crippen LogP contribution in [0.4, 0.5) is 5.95 Å². The summed E-state index contributed by atoms with van der Waals surface area (Å²) in [4.78, 5) is 8.22. The van der Waals surface area contributed by atoms with Crippen LogP contribution in [0.2, 0.25) is 0 Å². The first-order valence-electron chi connectivity index (χ1n) is 4.66. The van der Waals surface area contributed by atoms with E-state index in [4.69, 9.17) is 10.5 Å². The summed E-state index contributed by atoms with van der Waals surface area (Å²) in [7, 11) is 1.59. The summed E-state index contributed by atoms with van der Waals surface area (Å²) in [6.07, 6.45) is 5.28. The van der Waals surface area contributed by atoms with Crippen molar-refractivity contribution in [2.24, 2.45) is 5.73 Å². The molecule has 1 aliphatic carbocycles. The van der Waals surface area contributed by atoms with Gasteiger partial charge < -0.3 is 15.8 Å². The summed E-state index contributed by atoms with van der Waals surface area (Å²) < 4.78 is 4.96. The molecule has 3 N–H and O–H groups in total. The van der Waals surface area contributed by atoms with E-state index in [0.29, 0.717) is 23.8 Å². The van der Waals surface area contributed by atoms with Crippen LogP contribution in [0.3, 0.4) is 0 Å². The molecule has 0 radical (unpaired) electrons. The van der Waals surface area contributed by atoms with Crippen LogP contribution >= 0.6 is 0 Å². The number of aromatic nitrogens is 2. The summed E-state index contributed by atoms with van der Waals surface area (Å²) in [6.45, 7) is 0. The zero-order valence-corrected chi connectivity index (χ0v) is 8.10. The average Bonchev–Trinajstić information content (AvgIpc) is 2.17. The van der Waals surface area contributed by atoms with Crippen LogP contribution in [-0.2, 0) is 0 Å². The molecule has 0 aromatic carbocycles. The van der Waals surface area contributed by atoms with E-state index in [9.17, 15) is 0 Å². The third-order valence-electron chi connectivity index (χ3n) is 2.37. The summed E-state index contributed by atoms with van der Waals surface area (Å²) >= 11 is 0. The number of nitrogens with two attached hydrogens (primary N) is 1. The fraction of sp³-hybridized carbons (Fsp3) is 0.556. The number of hydrogen-bond acceptors (Lipinski definition) is 5. The number of anilines is 1. The Morgan fingerprint density at radius 3 is 2.57 bits per heavy atom. The Hall–Kier alpha value is -1.36. The molecule has 0 amide bonds. The standard InChI is InChI=1S/C9H14N4O/c1-14-8-4-11-9(12-5-8)13-7-2-6(10)3-7/h4-7H,2-3,10H2,1H3,(H,11,12,13). The minimum atomic E-state index is 0.339. The number of hydrogen-bond donors (Lipinski definition) is 2. The van der Waals surface area contributed by atoms with Crippen molar-refractivity contribution in [3.8, 4) is 5.75 Å². The Kier molecular flexibility index (Phi) is 2.49. The van der Waals surface area contributed by atoms with E-state index in [2.05, 4.69) is 15.3 Å². The van der Waals surface area contributed by atoms with Gasteiger partial charge in [-0.15, -0.1) is 0 Å². The van der Waals surface area contributed by atoms with Crippen LogP contribution in [-0.4, -0.2) is 29.2 Å². The van der Waals surface area contributed by atoms with Crippen molar-refractivity contribution >= 4 is 5.95 Å². The highest BCUT2D eigenvalue weighted by atomic mass is 16.5. The molecule has 0 saturated heterocycles. The van der Waals surface area contributed by atoms with E-state index >= 15 is 0 Å². The van der Waals surface area contributed by atoms with E-state index in [-0.39, 0.29) is 0 Å². The lowest BCUT2D eigenvalue weighted by molar-refractivity contribution is 0.371. The molecule has 0 atom stereocenters. The van der Waals surface area contributed by atoms with Crippen LogP contribution in [0.1, 0.15) is 12.8 Å². The van der Waals surface area contributed by atoms with Gasteiger partial charge in [-0.25, -0.2) is 9.97 Å². The highest BCUT2D eigenvalue weighted by Crippen LogP contribution is 2.20. The van der Waals surface area contributed by atoms with Crippen LogP contribution in [0.5, 0.6) is 5.75 Å². The second-order valence-corrected chi connectivity index (χ2v) is 3.52. The first-order valence-corrected chi connectivity index (χ1v) is 4.66. The Morgan fingerprint density at radius 1 is 1.43 bits per heavy atom. The number of nitrogens with zero attached hydrogens (tertiary/aromatic N) is 2. The van der Waals surface area contributed by atoms with Crippen molar-refractivity contribution in [1.82, 2.24) is 9.97 Å². The quantitative estimate of drug-likeness (QED) is 0.728. The molecule has 1 fully saturated rings. The van der Waals surface area contributed by atoms with Gasteiger partial charge in [0.05, 0.1) is 19.5 Å². The first kappa shape index (κ1) is 9.21. The summed E-state index contributed by atoms with van der Waals surface area (Å²) in [5, 5.41) is 3.20. The molecule has 5 heteroatoms. The number of nitrogens with one attached hydrogen (secondary N) is 1. The third kappa shape index (κ3) is 1.93. The van der Waals surface area contributed by atoms with Gasteiger partial charge in [-0.05, 0) is 12.8 Å². The van der Waals surface area contributed by atoms with Gasteiger partial charge >= 0.3 is 0 Å². The van der Waals surface area contributed by atoms with Gasteiger partial charge in [0.15, 0.2) is 5.75 Å². The van der Waals surface area contributed by atoms with Crippen LogP contribution < -0.4 is 15.8 Å². The topological polar surface area (TPSA) is 73.1 Å². The summed E-state index contributed by atoms with van der Waals surface area (Å²) in [6, 6.07) is 0.768. The number of methoxy groups -OCH3 is 1. The van der Waals surface area contributed by atoms with E-state index in [0.717, 1.165) is 12.8 Å². The van der Waals surface area contributed by atoms with Crippen molar-refractivity contribution in [2.75, 3.05) is 12.4 Å². The van der Waals surface area contributed by atoms with Crippen molar-refractivity contribution in [2.45, 2.75) is 24.9 Å². The zero-order chi connectivity index (χ0) is 9.97. The second kappa shape index (κ2) is 3.79. The molecule has 1 heterocycles. The molecule has 76 valence electrons. The van der Waals surface area contributed by atoms with Gasteiger partial charge in [0.2, 0.25) is 5.95 Å². The highest BCUT2D eigenvalue weighted by molar-refractivity contribution is 5.29. The fourth-order valence-corrected chi connectivity index (χ4v) is 1.46. The SMILES string of the molecule is COc1cnc(NC2CC(N)C2)nc1. The normalized spacial score (nSPS) is 25.3. The maximum absolute atomic E-state index is 5.67. The maximum atomic E-state index is 5.67. The van der Waals surface area contributed by atoms with Gasteiger partial charge in [0.25, 0.3) is 0 Å². The van der Waals surface area contributed by atoms with E-state index in [1.54, 1.807) is 19.5 Å².